The van der Waals surface area contributed by atoms with E-state index in [1.807, 2.05) is 12.1 Å². The fourth-order valence-electron chi connectivity index (χ4n) is 3.48. The molecule has 1 aliphatic carbocycles. The smallest absolute Gasteiger partial charge is 0.242 e. The second kappa shape index (κ2) is 7.60. The average Bonchev–Trinajstić information content (AvgIpc) is 3.31. The van der Waals surface area contributed by atoms with E-state index in [0.717, 1.165) is 56.9 Å². The maximum absolute atomic E-state index is 13.3. The van der Waals surface area contributed by atoms with E-state index in [1.165, 1.54) is 12.1 Å². The zero-order valence-electron chi connectivity index (χ0n) is 14.7. The van der Waals surface area contributed by atoms with Gasteiger partial charge in [-0.25, -0.2) is 4.39 Å². The highest BCUT2D eigenvalue weighted by Crippen LogP contribution is 2.26. The number of furan rings is 1. The predicted molar refractivity (Wildman–Crippen MR) is 95.9 cm³/mol. The highest BCUT2D eigenvalue weighted by atomic mass is 19.1. The summed E-state index contributed by atoms with van der Waals surface area (Å²) in [5.74, 6) is 0.706. The summed E-state index contributed by atoms with van der Waals surface area (Å²) in [6, 6.07) is 10.1. The Morgan fingerprint density at radius 3 is 2.50 bits per heavy atom. The predicted octanol–water partition coefficient (Wildman–Crippen LogP) is 2.56. The third-order valence-electron chi connectivity index (χ3n) is 5.09. The van der Waals surface area contributed by atoms with Gasteiger partial charge in [-0.1, -0.05) is 12.1 Å². The Balaban J connectivity index is 1.43. The molecule has 6 heteroatoms. The summed E-state index contributed by atoms with van der Waals surface area (Å²) in [5, 5.41) is 3.11. The molecular formula is C20H24FN3O2. The number of amides is 1. The van der Waals surface area contributed by atoms with Gasteiger partial charge >= 0.3 is 0 Å². The van der Waals surface area contributed by atoms with Crippen molar-refractivity contribution in [3.8, 4) is 0 Å². The van der Waals surface area contributed by atoms with Crippen LogP contribution in [0.3, 0.4) is 0 Å². The number of nitrogens with zero attached hydrogens (tertiary/aromatic N) is 2. The first-order valence-corrected chi connectivity index (χ1v) is 9.24. The topological polar surface area (TPSA) is 48.7 Å². The van der Waals surface area contributed by atoms with E-state index in [2.05, 4.69) is 15.1 Å². The standard InChI is InChI=1S/C20H24FN3O2/c21-16-5-3-15(4-6-16)19(20(25)22-17-7-8-17)24-11-9-23(10-12-24)14-18-2-1-13-26-18/h1-6,13,17,19H,7-12,14H2,(H,22,25). The Kier molecular flexibility index (Phi) is 5.04. The first-order chi connectivity index (χ1) is 12.7. The van der Waals surface area contributed by atoms with Crippen molar-refractivity contribution in [1.29, 1.82) is 0 Å². The van der Waals surface area contributed by atoms with Gasteiger partial charge in [-0.2, -0.15) is 0 Å². The fourth-order valence-corrected chi connectivity index (χ4v) is 3.48. The highest BCUT2D eigenvalue weighted by Gasteiger charge is 2.33. The van der Waals surface area contributed by atoms with Crippen LogP contribution in [0.25, 0.3) is 0 Å². The quantitative estimate of drug-likeness (QED) is 0.863. The molecule has 1 saturated carbocycles. The Bertz CT molecular complexity index is 720. The van der Waals surface area contributed by atoms with Gasteiger partial charge < -0.3 is 9.73 Å². The Morgan fingerprint density at radius 1 is 1.15 bits per heavy atom. The summed E-state index contributed by atoms with van der Waals surface area (Å²) >= 11 is 0. The summed E-state index contributed by atoms with van der Waals surface area (Å²) in [5.41, 5.74) is 0.851. The Morgan fingerprint density at radius 2 is 1.88 bits per heavy atom. The van der Waals surface area contributed by atoms with Gasteiger partial charge in [0.25, 0.3) is 0 Å². The molecule has 1 amide bonds. The summed E-state index contributed by atoms with van der Waals surface area (Å²) in [6.07, 6.45) is 3.80. The first-order valence-electron chi connectivity index (χ1n) is 9.24. The summed E-state index contributed by atoms with van der Waals surface area (Å²) in [6.45, 7) is 4.11. The van der Waals surface area contributed by atoms with Gasteiger partial charge in [-0.3, -0.25) is 14.6 Å². The van der Waals surface area contributed by atoms with Gasteiger partial charge in [0, 0.05) is 32.2 Å². The van der Waals surface area contributed by atoms with E-state index in [-0.39, 0.29) is 17.8 Å². The number of carbonyl (C=O) groups excluding carboxylic acids is 1. The van der Waals surface area contributed by atoms with Crippen molar-refractivity contribution in [2.75, 3.05) is 26.2 Å². The van der Waals surface area contributed by atoms with Gasteiger partial charge in [0.15, 0.2) is 0 Å². The molecule has 2 aromatic rings. The molecule has 1 aliphatic heterocycles. The minimum atomic E-state index is -0.359. The molecule has 5 nitrogen and oxygen atoms in total. The number of halogens is 1. The van der Waals surface area contributed by atoms with Crippen LogP contribution in [0.4, 0.5) is 4.39 Å². The van der Waals surface area contributed by atoms with Crippen molar-refractivity contribution >= 4 is 5.91 Å². The molecule has 1 aromatic carbocycles. The van der Waals surface area contributed by atoms with Gasteiger partial charge in [0.1, 0.15) is 17.6 Å². The maximum atomic E-state index is 13.3. The number of hydrogen-bond acceptors (Lipinski definition) is 4. The minimum absolute atomic E-state index is 0.0265. The van der Waals surface area contributed by atoms with Crippen LogP contribution >= 0.6 is 0 Å². The second-order valence-electron chi connectivity index (χ2n) is 7.13. The van der Waals surface area contributed by atoms with Gasteiger partial charge in [-0.05, 0) is 42.7 Å². The Hall–Kier alpha value is -2.18. The molecule has 1 saturated heterocycles. The van der Waals surface area contributed by atoms with Gasteiger partial charge in [-0.15, -0.1) is 0 Å². The van der Waals surface area contributed by atoms with Crippen LogP contribution in [-0.4, -0.2) is 47.9 Å². The number of hydrogen-bond donors (Lipinski definition) is 1. The lowest BCUT2D eigenvalue weighted by molar-refractivity contribution is -0.127. The number of nitrogens with one attached hydrogen (secondary N) is 1. The lowest BCUT2D eigenvalue weighted by atomic mass is 10.0. The van der Waals surface area contributed by atoms with E-state index < -0.39 is 0 Å². The van der Waals surface area contributed by atoms with Crippen molar-refractivity contribution in [2.24, 2.45) is 0 Å². The molecule has 26 heavy (non-hydrogen) atoms. The number of rotatable bonds is 6. The summed E-state index contributed by atoms with van der Waals surface area (Å²) in [7, 11) is 0. The molecule has 0 radical (unpaired) electrons. The van der Waals surface area contributed by atoms with Crippen molar-refractivity contribution in [1.82, 2.24) is 15.1 Å². The molecule has 2 fully saturated rings. The van der Waals surface area contributed by atoms with E-state index in [9.17, 15) is 9.18 Å². The summed E-state index contributed by atoms with van der Waals surface area (Å²) < 4.78 is 18.7. The van der Waals surface area contributed by atoms with Crippen molar-refractivity contribution in [2.45, 2.75) is 31.5 Å². The summed E-state index contributed by atoms with van der Waals surface area (Å²) in [4.78, 5) is 17.4. The van der Waals surface area contributed by atoms with Crippen LogP contribution in [0.5, 0.6) is 0 Å². The number of piperazine rings is 1. The number of carbonyl (C=O) groups is 1. The third kappa shape index (κ3) is 4.14. The molecule has 0 bridgehead atoms. The van der Waals surface area contributed by atoms with Crippen LogP contribution in [0, 0.1) is 5.82 Å². The zero-order chi connectivity index (χ0) is 17.9. The normalized spacial score (nSPS) is 20.0. The van der Waals surface area contributed by atoms with Gasteiger partial charge in [0.2, 0.25) is 5.91 Å². The molecule has 138 valence electrons. The van der Waals surface area contributed by atoms with Crippen LogP contribution in [-0.2, 0) is 11.3 Å². The lowest BCUT2D eigenvalue weighted by Crippen LogP contribution is -2.50. The Labute approximate surface area is 152 Å². The monoisotopic (exact) mass is 357 g/mol. The van der Waals surface area contributed by atoms with Crippen molar-refractivity contribution in [3.63, 3.8) is 0 Å². The third-order valence-corrected chi connectivity index (χ3v) is 5.09. The molecular weight excluding hydrogens is 333 g/mol. The molecule has 1 unspecified atom stereocenters. The highest BCUT2D eigenvalue weighted by molar-refractivity contribution is 5.83. The average molecular weight is 357 g/mol. The molecule has 1 aromatic heterocycles. The van der Waals surface area contributed by atoms with Crippen LogP contribution in [0.1, 0.15) is 30.2 Å². The minimum Gasteiger partial charge on any atom is -0.468 e. The fraction of sp³-hybridized carbons (Fsp3) is 0.450. The van der Waals surface area contributed by atoms with Crippen LogP contribution in [0.15, 0.2) is 47.1 Å². The van der Waals surface area contributed by atoms with Crippen molar-refractivity contribution < 1.29 is 13.6 Å². The van der Waals surface area contributed by atoms with E-state index in [4.69, 9.17) is 4.42 Å². The van der Waals surface area contributed by atoms with Crippen LogP contribution < -0.4 is 5.32 Å². The molecule has 4 rings (SSSR count). The number of benzene rings is 1. The maximum Gasteiger partial charge on any atom is 0.242 e. The van der Waals surface area contributed by atoms with Gasteiger partial charge in [0.05, 0.1) is 12.8 Å². The van der Waals surface area contributed by atoms with E-state index >= 15 is 0 Å². The van der Waals surface area contributed by atoms with E-state index in [0.29, 0.717) is 6.04 Å². The molecule has 1 N–H and O–H groups in total. The molecule has 1 atom stereocenters. The molecule has 2 aliphatic rings. The lowest BCUT2D eigenvalue weighted by Gasteiger charge is -2.38. The molecule has 2 heterocycles. The SMILES string of the molecule is O=C(NC1CC1)C(c1ccc(F)cc1)N1CCN(Cc2ccco2)CC1. The van der Waals surface area contributed by atoms with Crippen molar-refractivity contribution in [3.05, 3.63) is 59.8 Å². The van der Waals surface area contributed by atoms with E-state index in [1.54, 1.807) is 18.4 Å². The largest absolute Gasteiger partial charge is 0.468 e. The van der Waals surface area contributed by atoms with Crippen LogP contribution in [0.2, 0.25) is 0 Å². The molecule has 0 spiro atoms. The second-order valence-corrected chi connectivity index (χ2v) is 7.13. The zero-order valence-corrected chi connectivity index (χ0v) is 14.7. The first kappa shape index (κ1) is 17.2.